The highest BCUT2D eigenvalue weighted by Crippen LogP contribution is 2.37. The molecule has 0 aromatic carbocycles. The number of carbonyl (C=O) groups is 3. The molecular formula is C36H65F2N5O6S. The lowest BCUT2D eigenvalue weighted by Gasteiger charge is -2.38. The molecule has 3 rings (SSSR count). The summed E-state index contributed by atoms with van der Waals surface area (Å²) in [7, 11) is -0.387. The Morgan fingerprint density at radius 2 is 1.36 bits per heavy atom. The van der Waals surface area contributed by atoms with Gasteiger partial charge in [-0.2, -0.15) is 0 Å². The molecule has 3 aliphatic carbocycles. The number of hydrogen-bond acceptors (Lipinski definition) is 7. The molecule has 3 N–H and O–H groups in total. The summed E-state index contributed by atoms with van der Waals surface area (Å²) in [6.07, 6.45) is 3.48. The van der Waals surface area contributed by atoms with Crippen molar-refractivity contribution in [1.82, 2.24) is 25.0 Å². The van der Waals surface area contributed by atoms with Gasteiger partial charge in [0.05, 0.1) is 17.9 Å². The van der Waals surface area contributed by atoms with Crippen LogP contribution in [0.1, 0.15) is 111 Å². The van der Waals surface area contributed by atoms with E-state index in [0.717, 1.165) is 44.9 Å². The Bertz CT molecular complexity index is 1170. The summed E-state index contributed by atoms with van der Waals surface area (Å²) >= 11 is 0. The number of aliphatic hydroxyl groups is 1. The second-order valence-electron chi connectivity index (χ2n) is 15.5. The molecule has 11 nitrogen and oxygen atoms in total. The fourth-order valence-corrected chi connectivity index (χ4v) is 9.99. The van der Waals surface area contributed by atoms with Crippen molar-refractivity contribution in [3.05, 3.63) is 0 Å². The minimum atomic E-state index is -3.69. The molecule has 0 saturated heterocycles. The molecule has 7 unspecified atom stereocenters. The van der Waals surface area contributed by atoms with Gasteiger partial charge in [-0.05, 0) is 76.0 Å². The van der Waals surface area contributed by atoms with Gasteiger partial charge in [0.25, 0.3) is 0 Å². The van der Waals surface area contributed by atoms with Crippen molar-refractivity contribution in [3.63, 3.8) is 0 Å². The number of hydrogen-bond donors (Lipinski definition) is 3. The predicted octanol–water partition coefficient (Wildman–Crippen LogP) is 4.20. The smallest absolute Gasteiger partial charge is 0.225 e. The molecule has 0 aliphatic heterocycles. The lowest BCUT2D eigenvalue weighted by molar-refractivity contribution is -0.143. The van der Waals surface area contributed by atoms with E-state index >= 15 is 0 Å². The standard InChI is InChI=1S/C36H65F2N5O6S/c1-6-14-42(15-7-2)36(47)29-20-27(19-28(21-29)35(46)41(4)5)34(45)39-32(18-26-16-30(37)22-31(38)17-26)33(44)23-43(8-3)40-50(48,49)24-25-12-10-9-11-13-25/h25-33,40,44H,6-24H2,1-5H3,(H,39,45). The number of aliphatic hydroxyl groups excluding tert-OH is 1. The molecule has 3 fully saturated rings. The Balaban J connectivity index is 1.81. The second kappa shape index (κ2) is 20.4. The number of carbonyl (C=O) groups excluding carboxylic acids is 3. The van der Waals surface area contributed by atoms with Crippen LogP contribution >= 0.6 is 0 Å². The van der Waals surface area contributed by atoms with Crippen LogP contribution in [0.4, 0.5) is 8.78 Å². The number of sulfonamides is 1. The lowest BCUT2D eigenvalue weighted by atomic mass is 9.73. The topological polar surface area (TPSA) is 139 Å². The first-order valence-corrected chi connectivity index (χ1v) is 20.8. The van der Waals surface area contributed by atoms with E-state index in [1.807, 2.05) is 18.7 Å². The highest BCUT2D eigenvalue weighted by molar-refractivity contribution is 7.89. The van der Waals surface area contributed by atoms with E-state index in [1.54, 1.807) is 21.0 Å². The zero-order valence-corrected chi connectivity index (χ0v) is 31.9. The molecule has 0 heterocycles. The normalized spacial score (nSPS) is 27.8. The summed E-state index contributed by atoms with van der Waals surface area (Å²) in [5, 5.41) is 16.0. The van der Waals surface area contributed by atoms with E-state index in [2.05, 4.69) is 10.1 Å². The minimum absolute atomic E-state index is 0.0000460. The van der Waals surface area contributed by atoms with Gasteiger partial charge < -0.3 is 20.2 Å². The van der Waals surface area contributed by atoms with Crippen molar-refractivity contribution in [2.24, 2.45) is 29.6 Å². The number of hydrazine groups is 1. The summed E-state index contributed by atoms with van der Waals surface area (Å²) in [5.41, 5.74) is 0. The number of amides is 3. The maximum absolute atomic E-state index is 14.5. The van der Waals surface area contributed by atoms with Crippen molar-refractivity contribution in [3.8, 4) is 0 Å². The van der Waals surface area contributed by atoms with Crippen LogP contribution in [0.3, 0.4) is 0 Å². The summed E-state index contributed by atoms with van der Waals surface area (Å²) in [5.74, 6) is -2.76. The maximum Gasteiger partial charge on any atom is 0.225 e. The van der Waals surface area contributed by atoms with E-state index in [1.165, 1.54) is 9.91 Å². The molecule has 0 bridgehead atoms. The maximum atomic E-state index is 14.5. The summed E-state index contributed by atoms with van der Waals surface area (Å²) in [4.78, 5) is 46.9. The Labute approximate surface area is 299 Å². The summed E-state index contributed by atoms with van der Waals surface area (Å²) < 4.78 is 55.1. The van der Waals surface area contributed by atoms with E-state index in [0.29, 0.717) is 19.5 Å². The Morgan fingerprint density at radius 3 is 1.90 bits per heavy atom. The molecule has 290 valence electrons. The van der Waals surface area contributed by atoms with Crippen LogP contribution in [0.15, 0.2) is 0 Å². The fraction of sp³-hybridized carbons (Fsp3) is 0.917. The molecule has 0 aromatic rings. The quantitative estimate of drug-likeness (QED) is 0.180. The van der Waals surface area contributed by atoms with Gasteiger partial charge in [-0.25, -0.2) is 22.2 Å². The molecule has 14 heteroatoms. The SMILES string of the molecule is CCCN(CCC)C(=O)C1CC(C(=O)NC(CC2CC(F)CC(F)C2)C(O)CN(CC)NS(=O)(=O)CC2CCCCC2)CC(C(=O)N(C)C)C1. The third-order valence-electron chi connectivity index (χ3n) is 10.8. The van der Waals surface area contributed by atoms with Crippen LogP contribution in [0.5, 0.6) is 0 Å². The number of alkyl halides is 2. The lowest BCUT2D eigenvalue weighted by Crippen LogP contribution is -2.55. The Hall–Kier alpha value is -1.90. The zero-order valence-electron chi connectivity index (χ0n) is 31.1. The van der Waals surface area contributed by atoms with Gasteiger partial charge in [0.15, 0.2) is 0 Å². The monoisotopic (exact) mass is 733 g/mol. The van der Waals surface area contributed by atoms with Crippen LogP contribution < -0.4 is 10.1 Å². The van der Waals surface area contributed by atoms with Crippen molar-refractivity contribution < 1.29 is 36.7 Å². The van der Waals surface area contributed by atoms with Crippen LogP contribution in [0.25, 0.3) is 0 Å². The van der Waals surface area contributed by atoms with Gasteiger partial charge >= 0.3 is 0 Å². The van der Waals surface area contributed by atoms with E-state index < -0.39 is 64.1 Å². The molecule has 3 aliphatic rings. The van der Waals surface area contributed by atoms with Crippen molar-refractivity contribution in [2.45, 2.75) is 135 Å². The number of nitrogens with one attached hydrogen (secondary N) is 2. The van der Waals surface area contributed by atoms with E-state index in [4.69, 9.17) is 0 Å². The highest BCUT2D eigenvalue weighted by Gasteiger charge is 2.42. The molecular weight excluding hydrogens is 668 g/mol. The molecule has 0 spiro atoms. The first-order valence-electron chi connectivity index (χ1n) is 19.2. The number of halogens is 2. The van der Waals surface area contributed by atoms with Gasteiger partial charge in [-0.1, -0.05) is 40.0 Å². The molecule has 50 heavy (non-hydrogen) atoms. The fourth-order valence-electron chi connectivity index (χ4n) is 8.37. The Morgan fingerprint density at radius 1 is 0.800 bits per heavy atom. The van der Waals surface area contributed by atoms with Crippen LogP contribution in [-0.4, -0.2) is 117 Å². The first-order chi connectivity index (χ1) is 23.7. The molecule has 0 radical (unpaired) electrons. The predicted molar refractivity (Wildman–Crippen MR) is 191 cm³/mol. The van der Waals surface area contributed by atoms with Crippen molar-refractivity contribution in [2.75, 3.05) is 46.0 Å². The molecule has 0 aromatic heterocycles. The third-order valence-corrected chi connectivity index (χ3v) is 12.3. The second-order valence-corrected chi connectivity index (χ2v) is 17.2. The number of rotatable bonds is 18. The highest BCUT2D eigenvalue weighted by atomic mass is 32.2. The molecule has 7 atom stereocenters. The van der Waals surface area contributed by atoms with E-state index in [-0.39, 0.29) is 75.1 Å². The average molecular weight is 734 g/mol. The zero-order chi connectivity index (χ0) is 37.0. The average Bonchev–Trinajstić information content (AvgIpc) is 3.06. The molecule has 3 amide bonds. The van der Waals surface area contributed by atoms with Gasteiger partial charge in [0.1, 0.15) is 12.3 Å². The summed E-state index contributed by atoms with van der Waals surface area (Å²) in [6.45, 7) is 7.04. The van der Waals surface area contributed by atoms with Gasteiger partial charge in [-0.3, -0.25) is 14.4 Å². The summed E-state index contributed by atoms with van der Waals surface area (Å²) in [6, 6.07) is -0.933. The van der Waals surface area contributed by atoms with Crippen molar-refractivity contribution >= 4 is 27.7 Å². The van der Waals surface area contributed by atoms with Gasteiger partial charge in [0.2, 0.25) is 27.7 Å². The van der Waals surface area contributed by atoms with Crippen LogP contribution in [0, 0.1) is 29.6 Å². The molecule has 3 saturated carbocycles. The number of likely N-dealkylation sites (N-methyl/N-ethyl adjacent to an activating group) is 1. The Kier molecular flexibility index (Phi) is 17.3. The third kappa shape index (κ3) is 13.3. The number of nitrogens with zero attached hydrogens (tertiary/aromatic N) is 3. The first kappa shape index (κ1) is 42.5. The van der Waals surface area contributed by atoms with Crippen LogP contribution in [0.2, 0.25) is 0 Å². The van der Waals surface area contributed by atoms with Crippen molar-refractivity contribution in [1.29, 1.82) is 0 Å². The minimum Gasteiger partial charge on any atom is -0.390 e. The largest absolute Gasteiger partial charge is 0.390 e. The van der Waals surface area contributed by atoms with Crippen LogP contribution in [-0.2, 0) is 24.4 Å². The van der Waals surface area contributed by atoms with Gasteiger partial charge in [-0.15, -0.1) is 4.83 Å². The van der Waals surface area contributed by atoms with Gasteiger partial charge in [0, 0.05) is 64.4 Å². The van der Waals surface area contributed by atoms with E-state index in [9.17, 15) is 36.7 Å².